The monoisotopic (exact) mass is 575 g/mol. The zero-order valence-corrected chi connectivity index (χ0v) is 23.4. The first-order chi connectivity index (χ1) is 19.7. The van der Waals surface area contributed by atoms with Crippen molar-refractivity contribution in [1.29, 1.82) is 0 Å². The SMILES string of the molecule is COc1ccc(C(=O)Nc2ccccc2C(=O)N[C@@H](C(=O)NNC(=O)CSc2nc3ccccc3o2)C(C)C)cc1. The number of ether oxygens (including phenoxy) is 1. The van der Waals surface area contributed by atoms with E-state index in [-0.39, 0.29) is 22.9 Å². The van der Waals surface area contributed by atoms with Crippen molar-refractivity contribution >= 4 is 52.2 Å². The van der Waals surface area contributed by atoms with Gasteiger partial charge < -0.3 is 19.8 Å². The second-order valence-corrected chi connectivity index (χ2v) is 10.1. The van der Waals surface area contributed by atoms with Crippen molar-refractivity contribution < 1.29 is 28.3 Å². The molecule has 0 unspecified atom stereocenters. The Hall–Kier alpha value is -4.84. The average molecular weight is 576 g/mol. The lowest BCUT2D eigenvalue weighted by Gasteiger charge is -2.22. The van der Waals surface area contributed by atoms with Crippen LogP contribution >= 0.6 is 11.8 Å². The number of nitrogens with zero attached hydrogens (tertiary/aromatic N) is 1. The summed E-state index contributed by atoms with van der Waals surface area (Å²) in [6.07, 6.45) is 0. The molecule has 0 saturated carbocycles. The van der Waals surface area contributed by atoms with Gasteiger partial charge in [0.1, 0.15) is 17.3 Å². The van der Waals surface area contributed by atoms with Crippen LogP contribution in [0.25, 0.3) is 11.1 Å². The summed E-state index contributed by atoms with van der Waals surface area (Å²) in [5.41, 5.74) is 6.84. The topological polar surface area (TPSA) is 152 Å². The molecular formula is C29H29N5O6S. The Labute approximate surface area is 240 Å². The van der Waals surface area contributed by atoms with E-state index in [0.717, 1.165) is 11.8 Å². The lowest BCUT2D eigenvalue weighted by atomic mass is 10.0. The third-order valence-corrected chi connectivity index (χ3v) is 6.76. The molecular weight excluding hydrogens is 546 g/mol. The molecule has 212 valence electrons. The molecule has 1 heterocycles. The Balaban J connectivity index is 1.33. The molecule has 4 amide bonds. The van der Waals surface area contributed by atoms with Crippen LogP contribution < -0.4 is 26.2 Å². The molecule has 4 N–H and O–H groups in total. The molecule has 41 heavy (non-hydrogen) atoms. The third kappa shape index (κ3) is 7.63. The number of carbonyl (C=O) groups is 4. The number of thioether (sulfide) groups is 1. The summed E-state index contributed by atoms with van der Waals surface area (Å²) < 4.78 is 10.7. The minimum absolute atomic E-state index is 0.0485. The van der Waals surface area contributed by atoms with Crippen molar-refractivity contribution in [2.75, 3.05) is 18.2 Å². The molecule has 0 aliphatic heterocycles. The van der Waals surface area contributed by atoms with E-state index in [1.165, 1.54) is 7.11 Å². The summed E-state index contributed by atoms with van der Waals surface area (Å²) in [6, 6.07) is 19.3. The van der Waals surface area contributed by atoms with Gasteiger partial charge in [-0.25, -0.2) is 4.98 Å². The summed E-state index contributed by atoms with van der Waals surface area (Å²) in [6.45, 7) is 3.51. The first kappa shape index (κ1) is 29.2. The molecule has 0 spiro atoms. The zero-order valence-electron chi connectivity index (χ0n) is 22.6. The Kier molecular flexibility index (Phi) is 9.59. The number of hydrogen-bond donors (Lipinski definition) is 4. The predicted molar refractivity (Wildman–Crippen MR) is 154 cm³/mol. The molecule has 0 bridgehead atoms. The fourth-order valence-corrected chi connectivity index (χ4v) is 4.40. The van der Waals surface area contributed by atoms with Gasteiger partial charge in [-0.15, -0.1) is 0 Å². The number of nitrogens with one attached hydrogen (secondary N) is 4. The average Bonchev–Trinajstić information content (AvgIpc) is 3.40. The maximum atomic E-state index is 13.2. The number of hydrazine groups is 1. The van der Waals surface area contributed by atoms with Gasteiger partial charge in [-0.05, 0) is 54.4 Å². The lowest BCUT2D eigenvalue weighted by Crippen LogP contribution is -2.54. The highest BCUT2D eigenvalue weighted by Gasteiger charge is 2.26. The molecule has 0 aliphatic rings. The number of fused-ring (bicyclic) bond motifs is 1. The van der Waals surface area contributed by atoms with Crippen LogP contribution in [0.5, 0.6) is 5.75 Å². The quantitative estimate of drug-likeness (QED) is 0.165. The number of carbonyl (C=O) groups excluding carboxylic acids is 4. The van der Waals surface area contributed by atoms with Gasteiger partial charge in [-0.2, -0.15) is 0 Å². The number of amides is 4. The van der Waals surface area contributed by atoms with Crippen LogP contribution in [0.4, 0.5) is 5.69 Å². The Morgan fingerprint density at radius 2 is 1.61 bits per heavy atom. The van der Waals surface area contributed by atoms with Crippen LogP contribution in [-0.2, 0) is 9.59 Å². The third-order valence-electron chi connectivity index (χ3n) is 5.93. The summed E-state index contributed by atoms with van der Waals surface area (Å²) in [5.74, 6) is -1.82. The number of oxazole rings is 1. The molecule has 0 radical (unpaired) electrons. The number of hydrogen-bond acceptors (Lipinski definition) is 8. The van der Waals surface area contributed by atoms with E-state index < -0.39 is 29.7 Å². The standard InChI is InChI=1S/C29H29N5O6S/c1-17(2)25(28(38)34-33-24(35)16-41-29-31-22-10-6-7-11-23(22)40-29)32-27(37)20-8-4-5-9-21(20)30-26(36)18-12-14-19(39-3)15-13-18/h4-15,17,25H,16H2,1-3H3,(H,30,36)(H,32,37)(H,33,35)(H,34,38)/t25-/m1/s1. The molecule has 0 aliphatic carbocycles. The second kappa shape index (κ2) is 13.5. The van der Waals surface area contributed by atoms with E-state index in [1.807, 2.05) is 12.1 Å². The number of benzene rings is 3. The molecule has 4 rings (SSSR count). The Morgan fingerprint density at radius 3 is 2.32 bits per heavy atom. The van der Waals surface area contributed by atoms with Crippen LogP contribution in [0.1, 0.15) is 34.6 Å². The fraction of sp³-hybridized carbons (Fsp3) is 0.207. The van der Waals surface area contributed by atoms with E-state index in [2.05, 4.69) is 26.5 Å². The van der Waals surface area contributed by atoms with Gasteiger partial charge in [-0.3, -0.25) is 30.0 Å². The van der Waals surface area contributed by atoms with Crippen molar-refractivity contribution in [3.63, 3.8) is 0 Å². The minimum Gasteiger partial charge on any atom is -0.497 e. The van der Waals surface area contributed by atoms with E-state index in [9.17, 15) is 19.2 Å². The van der Waals surface area contributed by atoms with Crippen LogP contribution in [0.3, 0.4) is 0 Å². The van der Waals surface area contributed by atoms with Crippen molar-refractivity contribution in [1.82, 2.24) is 21.2 Å². The predicted octanol–water partition coefficient (Wildman–Crippen LogP) is 3.78. The molecule has 0 saturated heterocycles. The first-order valence-corrected chi connectivity index (χ1v) is 13.7. The van der Waals surface area contributed by atoms with Crippen molar-refractivity contribution in [3.8, 4) is 5.75 Å². The maximum absolute atomic E-state index is 13.2. The van der Waals surface area contributed by atoms with Crippen LogP contribution in [0.15, 0.2) is 82.4 Å². The number of aromatic nitrogens is 1. The van der Waals surface area contributed by atoms with E-state index in [1.54, 1.807) is 74.5 Å². The highest BCUT2D eigenvalue weighted by atomic mass is 32.2. The first-order valence-electron chi connectivity index (χ1n) is 12.7. The van der Waals surface area contributed by atoms with E-state index >= 15 is 0 Å². The molecule has 1 atom stereocenters. The summed E-state index contributed by atoms with van der Waals surface area (Å²) in [7, 11) is 1.53. The summed E-state index contributed by atoms with van der Waals surface area (Å²) in [5, 5.41) is 5.77. The molecule has 4 aromatic rings. The van der Waals surface area contributed by atoms with Gasteiger partial charge in [0.25, 0.3) is 22.9 Å². The summed E-state index contributed by atoms with van der Waals surface area (Å²) >= 11 is 1.08. The molecule has 11 nitrogen and oxygen atoms in total. The van der Waals surface area contributed by atoms with Crippen LogP contribution in [0.2, 0.25) is 0 Å². The minimum atomic E-state index is -0.974. The van der Waals surface area contributed by atoms with Gasteiger partial charge in [0, 0.05) is 5.56 Å². The highest BCUT2D eigenvalue weighted by molar-refractivity contribution is 7.99. The largest absolute Gasteiger partial charge is 0.497 e. The van der Waals surface area contributed by atoms with Gasteiger partial charge in [0.2, 0.25) is 5.91 Å². The van der Waals surface area contributed by atoms with Gasteiger partial charge in [-0.1, -0.05) is 49.9 Å². The molecule has 3 aromatic carbocycles. The van der Waals surface area contributed by atoms with Gasteiger partial charge >= 0.3 is 0 Å². The second-order valence-electron chi connectivity index (χ2n) is 9.20. The molecule has 1 aromatic heterocycles. The number of rotatable bonds is 10. The normalized spacial score (nSPS) is 11.5. The van der Waals surface area contributed by atoms with Crippen molar-refractivity contribution in [2.45, 2.75) is 25.1 Å². The van der Waals surface area contributed by atoms with Gasteiger partial charge in [0.15, 0.2) is 5.58 Å². The highest BCUT2D eigenvalue weighted by Crippen LogP contribution is 2.23. The number of methoxy groups -OCH3 is 1. The Morgan fingerprint density at radius 1 is 0.902 bits per heavy atom. The fourth-order valence-electron chi connectivity index (χ4n) is 3.77. The molecule has 12 heteroatoms. The van der Waals surface area contributed by atoms with Crippen molar-refractivity contribution in [2.24, 2.45) is 5.92 Å². The number of anilines is 1. The molecule has 0 fully saturated rings. The lowest BCUT2D eigenvalue weighted by molar-refractivity contribution is -0.129. The zero-order chi connectivity index (χ0) is 29.4. The maximum Gasteiger partial charge on any atom is 0.261 e. The Bertz CT molecular complexity index is 1520. The summed E-state index contributed by atoms with van der Waals surface area (Å²) in [4.78, 5) is 55.5. The van der Waals surface area contributed by atoms with Crippen LogP contribution in [-0.4, -0.2) is 47.5 Å². The number of para-hydroxylation sites is 3. The van der Waals surface area contributed by atoms with Crippen molar-refractivity contribution in [3.05, 3.63) is 83.9 Å². The van der Waals surface area contributed by atoms with E-state index in [4.69, 9.17) is 9.15 Å². The smallest absolute Gasteiger partial charge is 0.261 e. The van der Waals surface area contributed by atoms with E-state index in [0.29, 0.717) is 27.6 Å². The van der Waals surface area contributed by atoms with Gasteiger partial charge in [0.05, 0.1) is 24.1 Å². The van der Waals surface area contributed by atoms with Crippen LogP contribution in [0, 0.1) is 5.92 Å².